The molecule has 0 radical (unpaired) electrons. The van der Waals surface area contributed by atoms with Crippen LogP contribution in [0.3, 0.4) is 0 Å². The second-order valence-corrected chi connectivity index (χ2v) is 9.79. The van der Waals surface area contributed by atoms with Crippen molar-refractivity contribution in [3.8, 4) is 0 Å². The molecule has 8 heteroatoms. The Hall–Kier alpha value is -3.91. The van der Waals surface area contributed by atoms with Crippen molar-refractivity contribution in [2.24, 2.45) is 0 Å². The molecule has 2 amide bonds. The van der Waals surface area contributed by atoms with Crippen molar-refractivity contribution in [1.82, 2.24) is 9.55 Å². The maximum absolute atomic E-state index is 13.6. The van der Waals surface area contributed by atoms with Crippen molar-refractivity contribution < 1.29 is 9.59 Å². The molecule has 182 valence electrons. The van der Waals surface area contributed by atoms with Crippen LogP contribution in [0.25, 0.3) is 10.9 Å². The Labute approximate surface area is 213 Å². The van der Waals surface area contributed by atoms with Crippen LogP contribution in [0.1, 0.15) is 31.9 Å². The third kappa shape index (κ3) is 4.52. The van der Waals surface area contributed by atoms with E-state index in [4.69, 9.17) is 4.98 Å². The van der Waals surface area contributed by atoms with E-state index in [1.54, 1.807) is 21.6 Å². The molecule has 0 aliphatic carbocycles. The van der Waals surface area contributed by atoms with Gasteiger partial charge < -0.3 is 10.2 Å². The number of para-hydroxylation sites is 3. The SMILES string of the molecule is C[C@H](c1ccccc1)n1c(SCC(=O)N2c3ccccc3NC(=O)C[C@@H]2C)nc2ccccc2c1=O. The molecule has 0 spiro atoms. The van der Waals surface area contributed by atoms with Crippen molar-refractivity contribution in [2.45, 2.75) is 37.5 Å². The molecule has 0 saturated heterocycles. The van der Waals surface area contributed by atoms with E-state index in [2.05, 4.69) is 5.32 Å². The Bertz CT molecular complexity index is 1500. The molecule has 0 fully saturated rings. The highest BCUT2D eigenvalue weighted by Crippen LogP contribution is 2.32. The van der Waals surface area contributed by atoms with Crippen LogP contribution in [0.2, 0.25) is 0 Å². The summed E-state index contributed by atoms with van der Waals surface area (Å²) in [4.78, 5) is 45.9. The van der Waals surface area contributed by atoms with Gasteiger partial charge in [0.25, 0.3) is 5.56 Å². The van der Waals surface area contributed by atoms with Crippen LogP contribution >= 0.6 is 11.8 Å². The molecule has 36 heavy (non-hydrogen) atoms. The van der Waals surface area contributed by atoms with Crippen molar-refractivity contribution in [2.75, 3.05) is 16.0 Å². The standard InChI is InChI=1S/C28H26N4O3S/c1-18-16-25(33)29-23-14-8-9-15-24(23)31(18)26(34)17-36-28-30-22-13-7-6-12-21(22)27(35)32(28)19(2)20-10-4-3-5-11-20/h3-15,18-19H,16-17H2,1-2H3,(H,29,33)/t18-,19+/m0/s1. The van der Waals surface area contributed by atoms with Crippen LogP contribution in [-0.4, -0.2) is 33.2 Å². The van der Waals surface area contributed by atoms with Crippen molar-refractivity contribution in [3.63, 3.8) is 0 Å². The molecule has 0 saturated carbocycles. The number of carbonyl (C=O) groups excluding carboxylic acids is 2. The molecule has 1 aliphatic rings. The van der Waals surface area contributed by atoms with E-state index in [0.717, 1.165) is 5.56 Å². The Morgan fingerprint density at radius 3 is 2.53 bits per heavy atom. The van der Waals surface area contributed by atoms with Gasteiger partial charge in [0, 0.05) is 12.5 Å². The number of thioether (sulfide) groups is 1. The van der Waals surface area contributed by atoms with Gasteiger partial charge in [-0.1, -0.05) is 66.4 Å². The summed E-state index contributed by atoms with van der Waals surface area (Å²) in [6.45, 7) is 3.83. The number of benzene rings is 3. The van der Waals surface area contributed by atoms with Gasteiger partial charge in [-0.05, 0) is 43.7 Å². The molecule has 1 aromatic heterocycles. The zero-order chi connectivity index (χ0) is 25.2. The molecule has 4 aromatic rings. The van der Waals surface area contributed by atoms with Crippen molar-refractivity contribution in [3.05, 3.63) is 94.8 Å². The number of anilines is 2. The van der Waals surface area contributed by atoms with Crippen LogP contribution in [0, 0.1) is 0 Å². The molecule has 0 unspecified atom stereocenters. The Balaban J connectivity index is 1.51. The summed E-state index contributed by atoms with van der Waals surface area (Å²) in [5, 5.41) is 3.90. The van der Waals surface area contributed by atoms with E-state index in [0.29, 0.717) is 27.4 Å². The lowest BCUT2D eigenvalue weighted by Crippen LogP contribution is -2.40. The minimum atomic E-state index is -0.309. The second kappa shape index (κ2) is 9.99. The topological polar surface area (TPSA) is 84.3 Å². The molecule has 1 aliphatic heterocycles. The molecule has 1 N–H and O–H groups in total. The van der Waals surface area contributed by atoms with Crippen LogP contribution in [-0.2, 0) is 9.59 Å². The Kier molecular flexibility index (Phi) is 6.61. The number of amides is 2. The van der Waals surface area contributed by atoms with E-state index in [9.17, 15) is 14.4 Å². The number of carbonyl (C=O) groups is 2. The lowest BCUT2D eigenvalue weighted by Gasteiger charge is -2.28. The Morgan fingerprint density at radius 2 is 1.72 bits per heavy atom. The van der Waals surface area contributed by atoms with Crippen molar-refractivity contribution >= 4 is 45.9 Å². The second-order valence-electron chi connectivity index (χ2n) is 8.84. The fourth-order valence-corrected chi connectivity index (χ4v) is 5.55. The van der Waals surface area contributed by atoms with E-state index in [1.807, 2.05) is 80.6 Å². The minimum absolute atomic E-state index is 0.0686. The monoisotopic (exact) mass is 498 g/mol. The molecular formula is C28H26N4O3S. The molecule has 3 aromatic carbocycles. The lowest BCUT2D eigenvalue weighted by molar-refractivity contribution is -0.117. The van der Waals surface area contributed by atoms with E-state index >= 15 is 0 Å². The summed E-state index contributed by atoms with van der Waals surface area (Å²) in [6, 6.07) is 23.8. The third-order valence-electron chi connectivity index (χ3n) is 6.40. The largest absolute Gasteiger partial charge is 0.324 e. The highest BCUT2D eigenvalue weighted by atomic mass is 32.2. The minimum Gasteiger partial charge on any atom is -0.324 e. The first-order valence-corrected chi connectivity index (χ1v) is 12.8. The summed E-state index contributed by atoms with van der Waals surface area (Å²) in [7, 11) is 0. The molecule has 7 nitrogen and oxygen atoms in total. The quantitative estimate of drug-likeness (QED) is 0.314. The highest BCUT2D eigenvalue weighted by molar-refractivity contribution is 7.99. The first-order valence-electron chi connectivity index (χ1n) is 11.8. The maximum atomic E-state index is 13.6. The summed E-state index contributed by atoms with van der Waals surface area (Å²) >= 11 is 1.24. The summed E-state index contributed by atoms with van der Waals surface area (Å²) < 4.78 is 1.67. The molecule has 0 bridgehead atoms. The van der Waals surface area contributed by atoms with Gasteiger partial charge >= 0.3 is 0 Å². The van der Waals surface area contributed by atoms with Gasteiger partial charge in [0.05, 0.1) is 34.1 Å². The first-order chi connectivity index (χ1) is 17.4. The van der Waals surface area contributed by atoms with Gasteiger partial charge in [-0.3, -0.25) is 19.0 Å². The van der Waals surface area contributed by atoms with Gasteiger partial charge in [-0.25, -0.2) is 4.98 Å². The number of nitrogens with zero attached hydrogens (tertiary/aromatic N) is 3. The number of hydrogen-bond donors (Lipinski definition) is 1. The van der Waals surface area contributed by atoms with E-state index in [-0.39, 0.29) is 41.6 Å². The van der Waals surface area contributed by atoms with Crippen molar-refractivity contribution in [1.29, 1.82) is 0 Å². The zero-order valence-corrected chi connectivity index (χ0v) is 20.9. The molecular weight excluding hydrogens is 472 g/mol. The fourth-order valence-electron chi connectivity index (χ4n) is 4.61. The zero-order valence-electron chi connectivity index (χ0n) is 20.0. The lowest BCUT2D eigenvalue weighted by atomic mass is 10.1. The van der Waals surface area contributed by atoms with Gasteiger partial charge in [-0.15, -0.1) is 0 Å². The summed E-state index contributed by atoms with van der Waals surface area (Å²) in [5.74, 6) is -0.212. The smallest absolute Gasteiger partial charge is 0.262 e. The van der Waals surface area contributed by atoms with E-state index < -0.39 is 0 Å². The van der Waals surface area contributed by atoms with E-state index in [1.165, 1.54) is 11.8 Å². The highest BCUT2D eigenvalue weighted by Gasteiger charge is 2.30. The summed E-state index contributed by atoms with van der Waals surface area (Å²) in [6.07, 6.45) is 0.203. The van der Waals surface area contributed by atoms with Crippen LogP contribution in [0.15, 0.2) is 88.8 Å². The number of rotatable bonds is 5. The maximum Gasteiger partial charge on any atom is 0.262 e. The van der Waals surface area contributed by atoms with Crippen LogP contribution in [0.5, 0.6) is 0 Å². The average Bonchev–Trinajstić information content (AvgIpc) is 3.01. The number of hydrogen-bond acceptors (Lipinski definition) is 5. The Morgan fingerprint density at radius 1 is 1.03 bits per heavy atom. The number of nitrogens with one attached hydrogen (secondary N) is 1. The van der Waals surface area contributed by atoms with Crippen LogP contribution in [0.4, 0.5) is 11.4 Å². The predicted octanol–water partition coefficient (Wildman–Crippen LogP) is 4.86. The molecule has 2 atom stereocenters. The average molecular weight is 499 g/mol. The van der Waals surface area contributed by atoms with Gasteiger partial charge in [0.2, 0.25) is 11.8 Å². The molecule has 2 heterocycles. The molecule has 5 rings (SSSR count). The third-order valence-corrected chi connectivity index (χ3v) is 7.33. The number of fused-ring (bicyclic) bond motifs is 2. The summed E-state index contributed by atoms with van der Waals surface area (Å²) in [5.41, 5.74) is 2.71. The normalized spacial score (nSPS) is 16.2. The van der Waals surface area contributed by atoms with Crippen LogP contribution < -0.4 is 15.8 Å². The van der Waals surface area contributed by atoms with Gasteiger partial charge in [0.15, 0.2) is 5.16 Å². The first kappa shape index (κ1) is 23.8. The van der Waals surface area contributed by atoms with Gasteiger partial charge in [-0.2, -0.15) is 0 Å². The number of aromatic nitrogens is 2. The predicted molar refractivity (Wildman–Crippen MR) is 144 cm³/mol. The fraction of sp³-hybridized carbons (Fsp3) is 0.214. The van der Waals surface area contributed by atoms with Gasteiger partial charge in [0.1, 0.15) is 0 Å².